The summed E-state index contributed by atoms with van der Waals surface area (Å²) in [5, 5.41) is 18.6. The Balaban J connectivity index is 2.12. The first-order valence-electron chi connectivity index (χ1n) is 7.51. The standard InChI is InChI=1S/C19H15N5/c1-13-18(10-21)19(16-5-3-15(9-20)4-6-16)14(2)24(13)11-17-7-8-22-12-23-17/h3-8,12H,11H2,1-2H3. The summed E-state index contributed by atoms with van der Waals surface area (Å²) in [6.45, 7) is 4.54. The molecule has 0 aliphatic carbocycles. The Morgan fingerprint density at radius 1 is 1.00 bits per heavy atom. The number of aromatic nitrogens is 3. The van der Waals surface area contributed by atoms with Gasteiger partial charge in [0.05, 0.1) is 29.4 Å². The van der Waals surface area contributed by atoms with E-state index in [1.54, 1.807) is 18.3 Å². The van der Waals surface area contributed by atoms with Crippen LogP contribution in [0, 0.1) is 36.5 Å². The molecular formula is C19H15N5. The highest BCUT2D eigenvalue weighted by Gasteiger charge is 2.19. The third-order valence-corrected chi connectivity index (χ3v) is 4.16. The average Bonchev–Trinajstić information content (AvgIpc) is 2.86. The molecule has 0 spiro atoms. The third kappa shape index (κ3) is 2.64. The van der Waals surface area contributed by atoms with Crippen molar-refractivity contribution in [2.45, 2.75) is 20.4 Å². The molecule has 116 valence electrons. The van der Waals surface area contributed by atoms with Gasteiger partial charge in [-0.25, -0.2) is 9.97 Å². The molecule has 0 aliphatic heterocycles. The van der Waals surface area contributed by atoms with Crippen molar-refractivity contribution in [3.05, 3.63) is 71.1 Å². The molecule has 0 N–H and O–H groups in total. The Kier molecular flexibility index (Phi) is 4.09. The normalized spacial score (nSPS) is 10.2. The van der Waals surface area contributed by atoms with Crippen LogP contribution in [-0.4, -0.2) is 14.5 Å². The quantitative estimate of drug-likeness (QED) is 0.742. The molecule has 2 aromatic heterocycles. The number of hydrogen-bond donors (Lipinski definition) is 0. The van der Waals surface area contributed by atoms with Crippen LogP contribution in [0.2, 0.25) is 0 Å². The summed E-state index contributed by atoms with van der Waals surface area (Å²) >= 11 is 0. The maximum Gasteiger partial charge on any atom is 0.115 e. The van der Waals surface area contributed by atoms with Crippen LogP contribution in [0.1, 0.15) is 28.2 Å². The van der Waals surface area contributed by atoms with E-state index in [0.29, 0.717) is 17.7 Å². The lowest BCUT2D eigenvalue weighted by Gasteiger charge is -2.09. The van der Waals surface area contributed by atoms with Gasteiger partial charge in [0.15, 0.2) is 0 Å². The molecule has 0 atom stereocenters. The summed E-state index contributed by atoms with van der Waals surface area (Å²) in [4.78, 5) is 8.20. The lowest BCUT2D eigenvalue weighted by atomic mass is 10.0. The first kappa shape index (κ1) is 15.5. The number of nitrogens with zero attached hydrogens (tertiary/aromatic N) is 5. The Bertz CT molecular complexity index is 954. The van der Waals surface area contributed by atoms with Gasteiger partial charge < -0.3 is 4.57 Å². The van der Waals surface area contributed by atoms with Gasteiger partial charge in [0.1, 0.15) is 12.4 Å². The van der Waals surface area contributed by atoms with Gasteiger partial charge in [0.2, 0.25) is 0 Å². The molecule has 0 amide bonds. The Labute approximate surface area is 140 Å². The van der Waals surface area contributed by atoms with Gasteiger partial charge in [-0.15, -0.1) is 0 Å². The van der Waals surface area contributed by atoms with Crippen molar-refractivity contribution in [2.24, 2.45) is 0 Å². The van der Waals surface area contributed by atoms with Crippen molar-refractivity contribution in [2.75, 3.05) is 0 Å². The molecule has 0 radical (unpaired) electrons. The van der Waals surface area contributed by atoms with Gasteiger partial charge in [-0.1, -0.05) is 12.1 Å². The summed E-state index contributed by atoms with van der Waals surface area (Å²) in [6.07, 6.45) is 3.24. The summed E-state index contributed by atoms with van der Waals surface area (Å²) in [5.74, 6) is 0. The predicted molar refractivity (Wildman–Crippen MR) is 89.9 cm³/mol. The van der Waals surface area contributed by atoms with E-state index < -0.39 is 0 Å². The Morgan fingerprint density at radius 3 is 2.33 bits per heavy atom. The molecule has 0 aliphatic rings. The predicted octanol–water partition coefficient (Wildman–Crippen LogP) is 3.35. The SMILES string of the molecule is Cc1c(C#N)c(-c2ccc(C#N)cc2)c(C)n1Cc1ccncn1. The second-order valence-corrected chi connectivity index (χ2v) is 5.51. The zero-order chi connectivity index (χ0) is 17.1. The summed E-state index contributed by atoms with van der Waals surface area (Å²) in [5.41, 5.74) is 5.92. The second-order valence-electron chi connectivity index (χ2n) is 5.51. The molecule has 5 heteroatoms. The van der Waals surface area contributed by atoms with Crippen molar-refractivity contribution in [3.8, 4) is 23.3 Å². The van der Waals surface area contributed by atoms with Crippen LogP contribution in [0.4, 0.5) is 0 Å². The lowest BCUT2D eigenvalue weighted by molar-refractivity contribution is 0.727. The first-order valence-corrected chi connectivity index (χ1v) is 7.51. The summed E-state index contributed by atoms with van der Waals surface area (Å²) in [6, 6.07) is 13.6. The highest BCUT2D eigenvalue weighted by Crippen LogP contribution is 2.32. The highest BCUT2D eigenvalue weighted by molar-refractivity contribution is 5.75. The van der Waals surface area contributed by atoms with Gasteiger partial charge in [0, 0.05) is 23.1 Å². The molecule has 2 heterocycles. The van der Waals surface area contributed by atoms with E-state index in [9.17, 15) is 5.26 Å². The van der Waals surface area contributed by atoms with Crippen molar-refractivity contribution >= 4 is 0 Å². The fourth-order valence-corrected chi connectivity index (χ4v) is 2.90. The second kappa shape index (κ2) is 6.36. The van der Waals surface area contributed by atoms with Crippen LogP contribution >= 0.6 is 0 Å². The lowest BCUT2D eigenvalue weighted by Crippen LogP contribution is -2.05. The van der Waals surface area contributed by atoms with Crippen LogP contribution in [0.5, 0.6) is 0 Å². The minimum absolute atomic E-state index is 0.588. The van der Waals surface area contributed by atoms with Crippen LogP contribution in [0.15, 0.2) is 42.9 Å². The molecule has 0 saturated carbocycles. The largest absolute Gasteiger partial charge is 0.341 e. The zero-order valence-corrected chi connectivity index (χ0v) is 13.5. The van der Waals surface area contributed by atoms with E-state index in [1.165, 1.54) is 6.33 Å². The summed E-state index contributed by atoms with van der Waals surface area (Å²) < 4.78 is 2.09. The topological polar surface area (TPSA) is 78.3 Å². The van der Waals surface area contributed by atoms with Crippen molar-refractivity contribution < 1.29 is 0 Å². The van der Waals surface area contributed by atoms with Crippen LogP contribution in [-0.2, 0) is 6.54 Å². The molecule has 3 aromatic rings. The number of nitriles is 2. The fourth-order valence-electron chi connectivity index (χ4n) is 2.90. The third-order valence-electron chi connectivity index (χ3n) is 4.16. The number of hydrogen-bond acceptors (Lipinski definition) is 4. The highest BCUT2D eigenvalue weighted by atomic mass is 15.0. The molecule has 5 nitrogen and oxygen atoms in total. The van der Waals surface area contributed by atoms with Crippen LogP contribution in [0.25, 0.3) is 11.1 Å². The molecule has 0 bridgehead atoms. The zero-order valence-electron chi connectivity index (χ0n) is 13.5. The minimum atomic E-state index is 0.588. The molecule has 24 heavy (non-hydrogen) atoms. The maximum atomic E-state index is 9.62. The van der Waals surface area contributed by atoms with Gasteiger partial charge in [-0.3, -0.25) is 0 Å². The minimum Gasteiger partial charge on any atom is -0.341 e. The average molecular weight is 313 g/mol. The molecule has 0 unspecified atom stereocenters. The Morgan fingerprint density at radius 2 is 1.75 bits per heavy atom. The van der Waals surface area contributed by atoms with Gasteiger partial charge >= 0.3 is 0 Å². The van der Waals surface area contributed by atoms with Gasteiger partial charge in [0.25, 0.3) is 0 Å². The van der Waals surface area contributed by atoms with E-state index >= 15 is 0 Å². The van der Waals surface area contributed by atoms with Gasteiger partial charge in [-0.2, -0.15) is 10.5 Å². The van der Waals surface area contributed by atoms with E-state index in [0.717, 1.165) is 28.2 Å². The Hall–Kier alpha value is -3.44. The van der Waals surface area contributed by atoms with Crippen molar-refractivity contribution in [3.63, 3.8) is 0 Å². The van der Waals surface area contributed by atoms with E-state index in [2.05, 4.69) is 26.7 Å². The maximum absolute atomic E-state index is 9.62. The van der Waals surface area contributed by atoms with Crippen molar-refractivity contribution in [1.29, 1.82) is 10.5 Å². The van der Waals surface area contributed by atoms with Gasteiger partial charge in [-0.05, 0) is 37.6 Å². The monoisotopic (exact) mass is 313 g/mol. The number of rotatable bonds is 3. The number of benzene rings is 1. The molecule has 3 rings (SSSR count). The van der Waals surface area contributed by atoms with Crippen molar-refractivity contribution in [1.82, 2.24) is 14.5 Å². The smallest absolute Gasteiger partial charge is 0.115 e. The van der Waals surface area contributed by atoms with E-state index in [4.69, 9.17) is 5.26 Å². The molecule has 1 aromatic carbocycles. The van der Waals surface area contributed by atoms with E-state index in [1.807, 2.05) is 32.0 Å². The van der Waals surface area contributed by atoms with Crippen LogP contribution < -0.4 is 0 Å². The summed E-state index contributed by atoms with van der Waals surface area (Å²) in [7, 11) is 0. The van der Waals surface area contributed by atoms with Crippen LogP contribution in [0.3, 0.4) is 0 Å². The fraction of sp³-hybridized carbons (Fsp3) is 0.158. The molecule has 0 fully saturated rings. The first-order chi connectivity index (χ1) is 11.7. The van der Waals surface area contributed by atoms with E-state index in [-0.39, 0.29) is 0 Å². The molecular weight excluding hydrogens is 298 g/mol. The molecule has 0 saturated heterocycles.